The molecule has 0 amide bonds. The van der Waals surface area contributed by atoms with Gasteiger partial charge in [-0.3, -0.25) is 0 Å². The van der Waals surface area contributed by atoms with Crippen molar-refractivity contribution in [2.75, 3.05) is 31.6 Å². The molecule has 0 radical (unpaired) electrons. The van der Waals surface area contributed by atoms with Crippen molar-refractivity contribution in [3.05, 3.63) is 24.3 Å². The average Bonchev–Trinajstić information content (AvgIpc) is 2.80. The first-order chi connectivity index (χ1) is 8.42. The van der Waals surface area contributed by atoms with E-state index in [0.717, 1.165) is 43.3 Å². The van der Waals surface area contributed by atoms with E-state index in [1.165, 1.54) is 0 Å². The Bertz CT molecular complexity index is 457. The lowest BCUT2D eigenvalue weighted by molar-refractivity contribution is 0.0806. The average molecular weight is 232 g/mol. The second-order valence-corrected chi connectivity index (χ2v) is 4.21. The number of anilines is 1. The number of ether oxygens (including phenoxy) is 1. The van der Waals surface area contributed by atoms with Crippen LogP contribution in [0.25, 0.3) is 11.0 Å². The van der Waals surface area contributed by atoms with Gasteiger partial charge in [-0.05, 0) is 12.1 Å². The first kappa shape index (κ1) is 10.6. The monoisotopic (exact) mass is 232 g/mol. The van der Waals surface area contributed by atoms with Crippen molar-refractivity contribution in [1.82, 2.24) is 15.3 Å². The number of morpholine rings is 1. The number of aromatic amines is 1. The molecule has 0 saturated carbocycles. The lowest BCUT2D eigenvalue weighted by Crippen LogP contribution is -2.45. The summed E-state index contributed by atoms with van der Waals surface area (Å²) in [6, 6.07) is 8.37. The van der Waals surface area contributed by atoms with Gasteiger partial charge in [0.15, 0.2) is 0 Å². The molecule has 0 spiro atoms. The SMILES string of the molecule is c1ccc2[nH]c(NCC3COCCN3)nc2c1. The number of rotatable bonds is 3. The highest BCUT2D eigenvalue weighted by Gasteiger charge is 2.12. The van der Waals surface area contributed by atoms with Crippen LogP contribution in [-0.4, -0.2) is 42.3 Å². The van der Waals surface area contributed by atoms with E-state index in [1.807, 2.05) is 24.3 Å². The van der Waals surface area contributed by atoms with E-state index in [0.29, 0.717) is 6.04 Å². The molecule has 5 heteroatoms. The fourth-order valence-electron chi connectivity index (χ4n) is 2.01. The number of hydrogen-bond acceptors (Lipinski definition) is 4. The predicted octanol–water partition coefficient (Wildman–Crippen LogP) is 0.963. The zero-order valence-corrected chi connectivity index (χ0v) is 9.57. The molecule has 1 atom stereocenters. The highest BCUT2D eigenvalue weighted by atomic mass is 16.5. The number of imidazole rings is 1. The van der Waals surface area contributed by atoms with Gasteiger partial charge in [0.05, 0.1) is 24.2 Å². The molecule has 1 aliphatic rings. The summed E-state index contributed by atoms with van der Waals surface area (Å²) in [5.74, 6) is 0.818. The van der Waals surface area contributed by atoms with Crippen LogP contribution in [0.15, 0.2) is 24.3 Å². The molecule has 1 saturated heterocycles. The summed E-state index contributed by atoms with van der Waals surface area (Å²) in [5.41, 5.74) is 2.05. The van der Waals surface area contributed by atoms with Gasteiger partial charge in [0, 0.05) is 19.1 Å². The topological polar surface area (TPSA) is 62.0 Å². The van der Waals surface area contributed by atoms with E-state index in [2.05, 4.69) is 20.6 Å². The largest absolute Gasteiger partial charge is 0.378 e. The number of fused-ring (bicyclic) bond motifs is 1. The molecule has 3 N–H and O–H groups in total. The number of hydrogen-bond donors (Lipinski definition) is 3. The smallest absolute Gasteiger partial charge is 0.201 e. The minimum atomic E-state index is 0.358. The van der Waals surface area contributed by atoms with Crippen molar-refractivity contribution in [2.45, 2.75) is 6.04 Å². The fraction of sp³-hybridized carbons (Fsp3) is 0.417. The zero-order chi connectivity index (χ0) is 11.5. The Morgan fingerprint density at radius 1 is 1.41 bits per heavy atom. The number of nitrogens with zero attached hydrogens (tertiary/aromatic N) is 1. The van der Waals surface area contributed by atoms with E-state index in [9.17, 15) is 0 Å². The Labute approximate surface area is 99.6 Å². The molecule has 1 aromatic heterocycles. The molecule has 0 bridgehead atoms. The summed E-state index contributed by atoms with van der Waals surface area (Å²) in [6.07, 6.45) is 0. The van der Waals surface area contributed by atoms with Crippen LogP contribution in [0.2, 0.25) is 0 Å². The molecule has 2 aromatic rings. The van der Waals surface area contributed by atoms with Crippen LogP contribution in [0.5, 0.6) is 0 Å². The van der Waals surface area contributed by atoms with E-state index in [-0.39, 0.29) is 0 Å². The third kappa shape index (κ3) is 2.40. The van der Waals surface area contributed by atoms with E-state index in [1.54, 1.807) is 0 Å². The first-order valence-corrected chi connectivity index (χ1v) is 5.91. The fourth-order valence-corrected chi connectivity index (χ4v) is 2.01. The molecule has 1 unspecified atom stereocenters. The number of H-pyrrole nitrogens is 1. The molecule has 3 rings (SSSR count). The minimum Gasteiger partial charge on any atom is -0.378 e. The zero-order valence-electron chi connectivity index (χ0n) is 9.57. The maximum atomic E-state index is 5.40. The van der Waals surface area contributed by atoms with Crippen LogP contribution < -0.4 is 10.6 Å². The van der Waals surface area contributed by atoms with Gasteiger partial charge in [-0.15, -0.1) is 0 Å². The summed E-state index contributed by atoms with van der Waals surface area (Å²) in [6.45, 7) is 3.31. The lowest BCUT2D eigenvalue weighted by Gasteiger charge is -2.23. The molecule has 2 heterocycles. The maximum Gasteiger partial charge on any atom is 0.201 e. The van der Waals surface area contributed by atoms with Crippen molar-refractivity contribution in [3.8, 4) is 0 Å². The Balaban J connectivity index is 1.64. The standard InChI is InChI=1S/C12H16N4O/c1-2-4-11-10(3-1)15-12(16-11)14-7-9-8-17-6-5-13-9/h1-4,9,13H,5-8H2,(H2,14,15,16). The molecular weight excluding hydrogens is 216 g/mol. The van der Waals surface area contributed by atoms with Crippen molar-refractivity contribution < 1.29 is 4.74 Å². The Morgan fingerprint density at radius 2 is 2.35 bits per heavy atom. The van der Waals surface area contributed by atoms with Gasteiger partial charge in [-0.2, -0.15) is 0 Å². The molecular formula is C12H16N4O. The van der Waals surface area contributed by atoms with Gasteiger partial charge >= 0.3 is 0 Å². The molecule has 5 nitrogen and oxygen atoms in total. The van der Waals surface area contributed by atoms with Gasteiger partial charge in [0.1, 0.15) is 0 Å². The number of para-hydroxylation sites is 2. The number of aromatic nitrogens is 2. The third-order valence-corrected chi connectivity index (χ3v) is 2.90. The second-order valence-electron chi connectivity index (χ2n) is 4.21. The van der Waals surface area contributed by atoms with E-state index >= 15 is 0 Å². The molecule has 1 aliphatic heterocycles. The van der Waals surface area contributed by atoms with Crippen LogP contribution in [0.4, 0.5) is 5.95 Å². The first-order valence-electron chi connectivity index (χ1n) is 5.91. The Kier molecular flexibility index (Phi) is 2.94. The second kappa shape index (κ2) is 4.73. The molecule has 0 aliphatic carbocycles. The van der Waals surface area contributed by atoms with Crippen molar-refractivity contribution in [1.29, 1.82) is 0 Å². The van der Waals surface area contributed by atoms with Crippen LogP contribution in [-0.2, 0) is 4.74 Å². The van der Waals surface area contributed by atoms with Gasteiger partial charge in [-0.25, -0.2) is 4.98 Å². The summed E-state index contributed by atoms with van der Waals surface area (Å²) >= 11 is 0. The normalized spacial score (nSPS) is 20.6. The number of nitrogens with one attached hydrogen (secondary N) is 3. The van der Waals surface area contributed by atoms with E-state index in [4.69, 9.17) is 4.74 Å². The predicted molar refractivity (Wildman–Crippen MR) is 67.2 cm³/mol. The maximum absolute atomic E-state index is 5.40. The number of benzene rings is 1. The summed E-state index contributed by atoms with van der Waals surface area (Å²) in [5, 5.41) is 6.69. The summed E-state index contributed by atoms with van der Waals surface area (Å²) < 4.78 is 5.40. The highest BCUT2D eigenvalue weighted by Crippen LogP contribution is 2.13. The van der Waals surface area contributed by atoms with Crippen molar-refractivity contribution in [3.63, 3.8) is 0 Å². The molecule has 17 heavy (non-hydrogen) atoms. The van der Waals surface area contributed by atoms with E-state index < -0.39 is 0 Å². The lowest BCUT2D eigenvalue weighted by atomic mass is 10.3. The highest BCUT2D eigenvalue weighted by molar-refractivity contribution is 5.77. The molecule has 90 valence electrons. The van der Waals surface area contributed by atoms with Crippen LogP contribution in [0, 0.1) is 0 Å². The minimum absolute atomic E-state index is 0.358. The van der Waals surface area contributed by atoms with Crippen LogP contribution >= 0.6 is 0 Å². The molecule has 1 fully saturated rings. The summed E-state index contributed by atoms with van der Waals surface area (Å²) in [7, 11) is 0. The van der Waals surface area contributed by atoms with Gasteiger partial charge in [-0.1, -0.05) is 12.1 Å². The Morgan fingerprint density at radius 3 is 3.18 bits per heavy atom. The van der Waals surface area contributed by atoms with Crippen LogP contribution in [0.3, 0.4) is 0 Å². The van der Waals surface area contributed by atoms with Crippen molar-refractivity contribution >= 4 is 17.0 Å². The van der Waals surface area contributed by atoms with Gasteiger partial charge < -0.3 is 20.4 Å². The molecule has 1 aromatic carbocycles. The summed E-state index contributed by atoms with van der Waals surface area (Å²) in [4.78, 5) is 7.71. The van der Waals surface area contributed by atoms with Crippen LogP contribution in [0.1, 0.15) is 0 Å². The quantitative estimate of drug-likeness (QED) is 0.737. The Hall–Kier alpha value is -1.59. The third-order valence-electron chi connectivity index (χ3n) is 2.90. The van der Waals surface area contributed by atoms with Gasteiger partial charge in [0.2, 0.25) is 5.95 Å². The van der Waals surface area contributed by atoms with Crippen molar-refractivity contribution in [2.24, 2.45) is 0 Å². The van der Waals surface area contributed by atoms with Gasteiger partial charge in [0.25, 0.3) is 0 Å².